The molecule has 0 unspecified atom stereocenters. The van der Waals surface area contributed by atoms with Crippen LogP contribution in [0, 0.1) is 0 Å². The van der Waals surface area contributed by atoms with Crippen molar-refractivity contribution < 1.29 is 4.74 Å². The number of nitrogens with one attached hydrogen (secondary N) is 1. The van der Waals surface area contributed by atoms with Gasteiger partial charge in [0.05, 0.1) is 5.69 Å². The van der Waals surface area contributed by atoms with E-state index in [1.807, 2.05) is 24.3 Å². The molecule has 0 saturated heterocycles. The van der Waals surface area contributed by atoms with Gasteiger partial charge in [-0.05, 0) is 76.0 Å². The van der Waals surface area contributed by atoms with Crippen LogP contribution in [0.15, 0.2) is 42.6 Å². The van der Waals surface area contributed by atoms with Crippen molar-refractivity contribution in [1.29, 1.82) is 0 Å². The first-order chi connectivity index (χ1) is 16.6. The zero-order chi connectivity index (χ0) is 23.5. The summed E-state index contributed by atoms with van der Waals surface area (Å²) in [7, 11) is 4.20. The fraction of sp³-hybridized carbons (Fsp3) is 0.500. The van der Waals surface area contributed by atoms with E-state index in [0.29, 0.717) is 17.8 Å². The van der Waals surface area contributed by atoms with Crippen molar-refractivity contribution in [2.45, 2.75) is 56.6 Å². The maximum Gasteiger partial charge on any atom is 0.213 e. The van der Waals surface area contributed by atoms with Crippen LogP contribution in [0.5, 0.6) is 5.88 Å². The van der Waals surface area contributed by atoms with Crippen LogP contribution in [-0.2, 0) is 12.8 Å². The van der Waals surface area contributed by atoms with Gasteiger partial charge in [0.25, 0.3) is 0 Å². The van der Waals surface area contributed by atoms with E-state index >= 15 is 0 Å². The standard InChI is InChI=1S/C26H33ClN6O/c1-32(2)14-13-28-21-16-19-15-20(27)8-11-23(19)33-24(17-21)30-31-26(33)18-6-9-22(10-7-18)34-25-5-3-4-12-29-25/h3-5,8,11-12,15,18,21-22,28H,6-7,9-10,13-14,16-17H2,1-2H3/t18-,21-,22-/m1/s1. The van der Waals surface area contributed by atoms with Gasteiger partial charge in [-0.1, -0.05) is 17.7 Å². The molecular formula is C26H33ClN6O. The lowest BCUT2D eigenvalue weighted by molar-refractivity contribution is 0.139. The van der Waals surface area contributed by atoms with E-state index in [9.17, 15) is 0 Å². The molecule has 0 bridgehead atoms. The molecule has 3 heterocycles. The molecule has 1 saturated carbocycles. The highest BCUT2D eigenvalue weighted by atomic mass is 35.5. The van der Waals surface area contributed by atoms with Gasteiger partial charge in [-0.25, -0.2) is 4.98 Å². The summed E-state index contributed by atoms with van der Waals surface area (Å²) in [5, 5.41) is 13.9. The van der Waals surface area contributed by atoms with E-state index in [1.54, 1.807) is 6.20 Å². The molecule has 34 heavy (non-hydrogen) atoms. The van der Waals surface area contributed by atoms with E-state index < -0.39 is 0 Å². The highest BCUT2D eigenvalue weighted by Gasteiger charge is 2.31. The number of benzene rings is 1. The normalized spacial score (nSPS) is 22.2. The Balaban J connectivity index is 1.35. The molecule has 5 rings (SSSR count). The number of rotatable bonds is 7. The van der Waals surface area contributed by atoms with E-state index in [4.69, 9.17) is 21.4 Å². The molecule has 1 fully saturated rings. The number of fused-ring (bicyclic) bond motifs is 3. The van der Waals surface area contributed by atoms with Crippen molar-refractivity contribution in [1.82, 2.24) is 30.0 Å². The molecular weight excluding hydrogens is 448 g/mol. The fourth-order valence-electron chi connectivity index (χ4n) is 5.15. The molecule has 2 aromatic heterocycles. The molecule has 1 aliphatic heterocycles. The number of ether oxygens (including phenoxy) is 1. The molecule has 1 N–H and O–H groups in total. The summed E-state index contributed by atoms with van der Waals surface area (Å²) in [6.07, 6.45) is 7.80. The lowest BCUT2D eigenvalue weighted by Crippen LogP contribution is -2.37. The van der Waals surface area contributed by atoms with E-state index in [-0.39, 0.29) is 6.10 Å². The second kappa shape index (κ2) is 10.4. The second-order valence-corrected chi connectivity index (χ2v) is 10.1. The Bertz CT molecular complexity index is 1090. The fourth-order valence-corrected chi connectivity index (χ4v) is 5.34. The Kier molecular flexibility index (Phi) is 7.13. The average molecular weight is 481 g/mol. The predicted octanol–water partition coefficient (Wildman–Crippen LogP) is 4.04. The SMILES string of the molecule is CN(C)CCN[C@@H]1Cc2cc(Cl)ccc2-n2c(nnc2[C@H]2CC[C@H](Oc3ccccn3)CC2)C1. The monoisotopic (exact) mass is 480 g/mol. The minimum atomic E-state index is 0.203. The van der Waals surface area contributed by atoms with Gasteiger partial charge in [0, 0.05) is 48.8 Å². The van der Waals surface area contributed by atoms with Crippen LogP contribution in [0.3, 0.4) is 0 Å². The summed E-state index contributed by atoms with van der Waals surface area (Å²) in [5.41, 5.74) is 2.42. The number of hydrogen-bond acceptors (Lipinski definition) is 6. The average Bonchev–Trinajstić information content (AvgIpc) is 3.16. The van der Waals surface area contributed by atoms with Crippen molar-refractivity contribution in [2.24, 2.45) is 0 Å². The Morgan fingerprint density at radius 3 is 2.71 bits per heavy atom. The molecule has 1 aliphatic carbocycles. The number of hydrogen-bond donors (Lipinski definition) is 1. The topological polar surface area (TPSA) is 68.1 Å². The van der Waals surface area contributed by atoms with Crippen molar-refractivity contribution >= 4 is 11.6 Å². The van der Waals surface area contributed by atoms with Gasteiger partial charge in [0.15, 0.2) is 0 Å². The molecule has 2 aliphatic rings. The van der Waals surface area contributed by atoms with Gasteiger partial charge < -0.3 is 15.0 Å². The van der Waals surface area contributed by atoms with Gasteiger partial charge in [0.2, 0.25) is 5.88 Å². The lowest BCUT2D eigenvalue weighted by atomic mass is 9.86. The Hall–Kier alpha value is -2.48. The number of halogens is 1. The lowest BCUT2D eigenvalue weighted by Gasteiger charge is -2.28. The van der Waals surface area contributed by atoms with Crippen LogP contribution in [0.4, 0.5) is 0 Å². The van der Waals surface area contributed by atoms with Crippen molar-refractivity contribution in [3.8, 4) is 11.6 Å². The minimum Gasteiger partial charge on any atom is -0.474 e. The van der Waals surface area contributed by atoms with Crippen LogP contribution >= 0.6 is 11.6 Å². The molecule has 180 valence electrons. The third-order valence-corrected chi connectivity index (χ3v) is 7.12. The van der Waals surface area contributed by atoms with Gasteiger partial charge >= 0.3 is 0 Å². The second-order valence-electron chi connectivity index (χ2n) is 9.70. The molecule has 0 radical (unpaired) electrons. The minimum absolute atomic E-state index is 0.203. The van der Waals surface area contributed by atoms with E-state index in [1.165, 1.54) is 11.3 Å². The Labute approximate surface area is 206 Å². The number of pyridine rings is 1. The number of aromatic nitrogens is 4. The maximum absolute atomic E-state index is 6.41. The zero-order valence-corrected chi connectivity index (χ0v) is 20.7. The third-order valence-electron chi connectivity index (χ3n) is 6.89. The van der Waals surface area contributed by atoms with Crippen LogP contribution in [0.2, 0.25) is 5.02 Å². The highest BCUT2D eigenvalue weighted by Crippen LogP contribution is 2.37. The van der Waals surface area contributed by atoms with Crippen molar-refractivity contribution in [3.05, 3.63) is 64.8 Å². The Morgan fingerprint density at radius 2 is 1.94 bits per heavy atom. The Morgan fingerprint density at radius 1 is 1.09 bits per heavy atom. The first-order valence-electron chi connectivity index (χ1n) is 12.3. The molecule has 8 heteroatoms. The van der Waals surface area contributed by atoms with Crippen molar-refractivity contribution in [2.75, 3.05) is 27.2 Å². The molecule has 7 nitrogen and oxygen atoms in total. The van der Waals surface area contributed by atoms with Gasteiger partial charge in [-0.2, -0.15) is 0 Å². The first-order valence-corrected chi connectivity index (χ1v) is 12.6. The van der Waals surface area contributed by atoms with E-state index in [0.717, 1.165) is 68.3 Å². The van der Waals surface area contributed by atoms with Gasteiger partial charge in [-0.3, -0.25) is 4.57 Å². The molecule has 1 aromatic carbocycles. The maximum atomic E-state index is 6.41. The highest BCUT2D eigenvalue weighted by molar-refractivity contribution is 6.30. The molecule has 1 atom stereocenters. The smallest absolute Gasteiger partial charge is 0.213 e. The van der Waals surface area contributed by atoms with Crippen LogP contribution < -0.4 is 10.1 Å². The largest absolute Gasteiger partial charge is 0.474 e. The quantitative estimate of drug-likeness (QED) is 0.550. The molecule has 3 aromatic rings. The van der Waals surface area contributed by atoms with Gasteiger partial charge in [-0.15, -0.1) is 10.2 Å². The first kappa shape index (κ1) is 23.3. The van der Waals surface area contributed by atoms with Crippen LogP contribution in [0.1, 0.15) is 48.8 Å². The van der Waals surface area contributed by atoms with Crippen LogP contribution in [-0.4, -0.2) is 64.0 Å². The summed E-state index contributed by atoms with van der Waals surface area (Å²) in [4.78, 5) is 6.51. The summed E-state index contributed by atoms with van der Waals surface area (Å²) in [6.45, 7) is 1.94. The summed E-state index contributed by atoms with van der Waals surface area (Å²) in [5.74, 6) is 3.18. The van der Waals surface area contributed by atoms with Crippen molar-refractivity contribution in [3.63, 3.8) is 0 Å². The summed E-state index contributed by atoms with van der Waals surface area (Å²) >= 11 is 6.41. The van der Waals surface area contributed by atoms with E-state index in [2.05, 4.69) is 51.1 Å². The summed E-state index contributed by atoms with van der Waals surface area (Å²) in [6, 6.07) is 12.3. The molecule has 0 spiro atoms. The third kappa shape index (κ3) is 5.27. The zero-order valence-electron chi connectivity index (χ0n) is 20.0. The summed E-state index contributed by atoms with van der Waals surface area (Å²) < 4.78 is 8.42. The molecule has 0 amide bonds. The number of likely N-dealkylation sites (N-methyl/N-ethyl adjacent to an activating group) is 1. The van der Waals surface area contributed by atoms with Crippen LogP contribution in [0.25, 0.3) is 5.69 Å². The van der Waals surface area contributed by atoms with Gasteiger partial charge in [0.1, 0.15) is 17.8 Å². The predicted molar refractivity (Wildman–Crippen MR) is 134 cm³/mol. The number of nitrogens with zero attached hydrogens (tertiary/aromatic N) is 5.